The summed E-state index contributed by atoms with van der Waals surface area (Å²) in [6, 6.07) is 11.0. The number of hydrogen-bond donors (Lipinski definition) is 3. The van der Waals surface area contributed by atoms with Crippen LogP contribution in [0.15, 0.2) is 52.1 Å². The average molecular weight is 450 g/mol. The minimum Gasteiger partial charge on any atom is -0.467 e. The number of aliphatic imine (C=N–C) groups is 1. The number of hydrogen-bond acceptors (Lipinski definition) is 3. The van der Waals surface area contributed by atoms with E-state index in [1.54, 1.807) is 26.3 Å². The lowest BCUT2D eigenvalue weighted by molar-refractivity contribution is 0.0618. The summed E-state index contributed by atoms with van der Waals surface area (Å²) in [7, 11) is 1.67. The fraction of sp³-hybridized carbons (Fsp3) is 0.312. The van der Waals surface area contributed by atoms with Gasteiger partial charge in [0.1, 0.15) is 11.4 Å². The predicted molar refractivity (Wildman–Crippen MR) is 103 cm³/mol. The summed E-state index contributed by atoms with van der Waals surface area (Å²) in [5.74, 6) is 1.38. The highest BCUT2D eigenvalue weighted by Gasteiger charge is 2.25. The Morgan fingerprint density at radius 1 is 1.26 bits per heavy atom. The van der Waals surface area contributed by atoms with E-state index in [9.17, 15) is 5.11 Å². The van der Waals surface area contributed by atoms with Crippen molar-refractivity contribution in [1.29, 1.82) is 0 Å². The normalized spacial score (nSPS) is 13.8. The fourth-order valence-corrected chi connectivity index (χ4v) is 2.39. The van der Waals surface area contributed by atoms with Crippen LogP contribution in [-0.4, -0.2) is 24.7 Å². The lowest BCUT2D eigenvalue weighted by atomic mass is 9.96. The third-order valence-corrected chi connectivity index (χ3v) is 3.62. The first-order chi connectivity index (χ1) is 10.5. The SMILES string of the molecule is CN=C(NCc1ccco1)NCC(C)(O)c1ccccc1Cl.I. The second-order valence-corrected chi connectivity index (χ2v) is 5.52. The number of nitrogens with zero attached hydrogens (tertiary/aromatic N) is 1. The third kappa shape index (κ3) is 5.71. The molecule has 0 saturated heterocycles. The van der Waals surface area contributed by atoms with E-state index in [0.717, 1.165) is 5.76 Å². The van der Waals surface area contributed by atoms with Gasteiger partial charge in [0.15, 0.2) is 5.96 Å². The van der Waals surface area contributed by atoms with Crippen molar-refractivity contribution in [1.82, 2.24) is 10.6 Å². The fourth-order valence-electron chi connectivity index (χ4n) is 2.05. The molecule has 3 N–H and O–H groups in total. The highest BCUT2D eigenvalue weighted by Crippen LogP contribution is 2.27. The number of nitrogens with one attached hydrogen (secondary N) is 2. The van der Waals surface area contributed by atoms with Crippen LogP contribution < -0.4 is 10.6 Å². The molecule has 2 rings (SSSR count). The maximum atomic E-state index is 10.6. The van der Waals surface area contributed by atoms with Gasteiger partial charge in [-0.2, -0.15) is 0 Å². The van der Waals surface area contributed by atoms with Gasteiger partial charge in [-0.15, -0.1) is 24.0 Å². The van der Waals surface area contributed by atoms with Crippen molar-refractivity contribution in [2.45, 2.75) is 19.1 Å². The van der Waals surface area contributed by atoms with Gasteiger partial charge in [0.2, 0.25) is 0 Å². The predicted octanol–water partition coefficient (Wildman–Crippen LogP) is 3.12. The van der Waals surface area contributed by atoms with Gasteiger partial charge in [-0.1, -0.05) is 29.8 Å². The van der Waals surface area contributed by atoms with Crippen molar-refractivity contribution in [3.63, 3.8) is 0 Å². The Morgan fingerprint density at radius 2 is 2.00 bits per heavy atom. The molecule has 0 aliphatic heterocycles. The van der Waals surface area contributed by atoms with E-state index < -0.39 is 5.60 Å². The van der Waals surface area contributed by atoms with Gasteiger partial charge in [-0.25, -0.2) is 0 Å². The zero-order valence-corrected chi connectivity index (χ0v) is 16.1. The summed E-state index contributed by atoms with van der Waals surface area (Å²) in [4.78, 5) is 4.12. The molecule has 0 radical (unpaired) electrons. The van der Waals surface area contributed by atoms with Crippen molar-refractivity contribution < 1.29 is 9.52 Å². The number of guanidine groups is 1. The molecule has 0 aliphatic carbocycles. The van der Waals surface area contributed by atoms with Crippen molar-refractivity contribution >= 4 is 41.5 Å². The summed E-state index contributed by atoms with van der Waals surface area (Å²) in [6.07, 6.45) is 1.62. The Kier molecular flexibility index (Phi) is 7.87. The summed E-state index contributed by atoms with van der Waals surface area (Å²) >= 11 is 6.14. The van der Waals surface area contributed by atoms with Crippen LogP contribution in [0.3, 0.4) is 0 Å². The molecule has 5 nitrogen and oxygen atoms in total. The van der Waals surface area contributed by atoms with Crippen LogP contribution in [0.2, 0.25) is 5.02 Å². The van der Waals surface area contributed by atoms with Crippen LogP contribution >= 0.6 is 35.6 Å². The largest absolute Gasteiger partial charge is 0.467 e. The van der Waals surface area contributed by atoms with Crippen molar-refractivity contribution in [3.05, 3.63) is 59.0 Å². The average Bonchev–Trinajstić information content (AvgIpc) is 3.01. The molecule has 0 bridgehead atoms. The molecule has 2 aromatic rings. The van der Waals surface area contributed by atoms with Crippen molar-refractivity contribution in [2.75, 3.05) is 13.6 Å². The minimum absolute atomic E-state index is 0. The third-order valence-electron chi connectivity index (χ3n) is 3.29. The van der Waals surface area contributed by atoms with Crippen LogP contribution in [0.1, 0.15) is 18.2 Å². The molecule has 0 spiro atoms. The van der Waals surface area contributed by atoms with Gasteiger partial charge in [-0.3, -0.25) is 4.99 Å². The van der Waals surface area contributed by atoms with E-state index in [2.05, 4.69) is 15.6 Å². The lowest BCUT2D eigenvalue weighted by Crippen LogP contribution is -2.44. The Hall–Kier alpha value is -1.25. The summed E-state index contributed by atoms with van der Waals surface area (Å²) in [6.45, 7) is 2.50. The molecular weight excluding hydrogens is 429 g/mol. The van der Waals surface area contributed by atoms with E-state index in [1.807, 2.05) is 30.3 Å². The first-order valence-corrected chi connectivity index (χ1v) is 7.35. The Labute approximate surface area is 158 Å². The monoisotopic (exact) mass is 449 g/mol. The zero-order chi connectivity index (χ0) is 16.0. The maximum Gasteiger partial charge on any atom is 0.191 e. The summed E-state index contributed by atoms with van der Waals surface area (Å²) in [5.41, 5.74) is -0.439. The number of aliphatic hydroxyl groups is 1. The topological polar surface area (TPSA) is 69.8 Å². The zero-order valence-electron chi connectivity index (χ0n) is 13.0. The highest BCUT2D eigenvalue weighted by molar-refractivity contribution is 14.0. The van der Waals surface area contributed by atoms with E-state index in [0.29, 0.717) is 23.1 Å². The number of rotatable bonds is 5. The van der Waals surface area contributed by atoms with Crippen molar-refractivity contribution in [2.24, 2.45) is 4.99 Å². The standard InChI is InChI=1S/C16H20ClN3O2.HI/c1-16(21,13-7-3-4-8-14(13)17)11-20-15(18-2)19-10-12-6-5-9-22-12;/h3-9,21H,10-11H2,1-2H3,(H2,18,19,20);1H. The highest BCUT2D eigenvalue weighted by atomic mass is 127. The molecule has 1 atom stereocenters. The van der Waals surface area contributed by atoms with Gasteiger partial charge in [0.25, 0.3) is 0 Å². The molecule has 0 aliphatic rings. The van der Waals surface area contributed by atoms with Gasteiger partial charge in [0.05, 0.1) is 19.4 Å². The van der Waals surface area contributed by atoms with Gasteiger partial charge in [0, 0.05) is 17.6 Å². The van der Waals surface area contributed by atoms with Crippen LogP contribution in [0.4, 0.5) is 0 Å². The smallest absolute Gasteiger partial charge is 0.191 e. The molecule has 0 saturated carbocycles. The molecule has 1 aromatic carbocycles. The van der Waals surface area contributed by atoms with E-state index in [4.69, 9.17) is 16.0 Å². The summed E-state index contributed by atoms with van der Waals surface area (Å²) < 4.78 is 5.25. The quantitative estimate of drug-likeness (QED) is 0.373. The molecule has 1 unspecified atom stereocenters. The van der Waals surface area contributed by atoms with Gasteiger partial charge >= 0.3 is 0 Å². The lowest BCUT2D eigenvalue weighted by Gasteiger charge is -2.26. The summed E-state index contributed by atoms with van der Waals surface area (Å²) in [5, 5.41) is 17.3. The van der Waals surface area contributed by atoms with Crippen molar-refractivity contribution in [3.8, 4) is 0 Å². The molecule has 1 aromatic heterocycles. The second kappa shape index (κ2) is 9.14. The molecule has 1 heterocycles. The minimum atomic E-state index is -1.11. The Bertz CT molecular complexity index is 630. The Morgan fingerprint density at radius 3 is 2.61 bits per heavy atom. The first kappa shape index (κ1) is 19.8. The van der Waals surface area contributed by atoms with Crippen LogP contribution in [0.5, 0.6) is 0 Å². The van der Waals surface area contributed by atoms with Gasteiger partial charge in [-0.05, 0) is 25.1 Å². The van der Waals surface area contributed by atoms with Gasteiger partial charge < -0.3 is 20.2 Å². The molecular formula is C16H21ClIN3O2. The first-order valence-electron chi connectivity index (χ1n) is 6.97. The van der Waals surface area contributed by atoms with Crippen LogP contribution in [-0.2, 0) is 12.1 Å². The molecule has 126 valence electrons. The van der Waals surface area contributed by atoms with E-state index in [1.165, 1.54) is 0 Å². The Balaban J connectivity index is 0.00000264. The molecule has 7 heteroatoms. The van der Waals surface area contributed by atoms with E-state index >= 15 is 0 Å². The van der Waals surface area contributed by atoms with E-state index in [-0.39, 0.29) is 30.5 Å². The molecule has 0 fully saturated rings. The number of benzene rings is 1. The number of halogens is 2. The number of furan rings is 1. The van der Waals surface area contributed by atoms with Crippen LogP contribution in [0, 0.1) is 0 Å². The molecule has 23 heavy (non-hydrogen) atoms. The molecule has 0 amide bonds. The van der Waals surface area contributed by atoms with Crippen LogP contribution in [0.25, 0.3) is 0 Å². The maximum absolute atomic E-state index is 10.6. The second-order valence-electron chi connectivity index (χ2n) is 5.11.